The van der Waals surface area contributed by atoms with Crippen LogP contribution in [0.15, 0.2) is 34.9 Å². The third kappa shape index (κ3) is 2.97. The van der Waals surface area contributed by atoms with Crippen molar-refractivity contribution in [2.45, 2.75) is 28.2 Å². The molecule has 0 saturated heterocycles. The van der Waals surface area contributed by atoms with Crippen molar-refractivity contribution in [3.05, 3.63) is 59.0 Å². The number of benzene rings is 2. The van der Waals surface area contributed by atoms with Gasteiger partial charge < -0.3 is 9.51 Å². The lowest BCUT2D eigenvalue weighted by Gasteiger charge is -2.09. The van der Waals surface area contributed by atoms with Gasteiger partial charge in [-0.05, 0) is 56.7 Å². The van der Waals surface area contributed by atoms with Gasteiger partial charge in [0.25, 0.3) is 0 Å². The second kappa shape index (κ2) is 6.69. The molecule has 6 heteroatoms. The number of imidazole rings is 1. The fraction of sp³-hybridized carbons (Fsp3) is 0.190. The molecule has 0 aliphatic carbocycles. The first-order valence-corrected chi connectivity index (χ1v) is 8.11. The van der Waals surface area contributed by atoms with E-state index in [9.17, 15) is 9.65 Å². The highest BCUT2D eigenvalue weighted by molar-refractivity contribution is 5.97. The minimum Gasteiger partial charge on any atom is -0.361 e. The molecule has 0 amide bonds. The molecular formula is C21H19FN4O. The zero-order valence-electron chi connectivity index (χ0n) is 14.5. The molecule has 0 spiro atoms. The number of nitrogens with one attached hydrogen (secondary N) is 1. The smallest absolute Gasteiger partial charge is 0.141 e. The van der Waals surface area contributed by atoms with Crippen LogP contribution in [0.5, 0.6) is 0 Å². The molecule has 0 aliphatic heterocycles. The fourth-order valence-electron chi connectivity index (χ4n) is 3.32. The van der Waals surface area contributed by atoms with Crippen molar-refractivity contribution in [1.82, 2.24) is 15.1 Å². The third-order valence-electron chi connectivity index (χ3n) is 4.42. The van der Waals surface area contributed by atoms with Crippen LogP contribution in [0.3, 0.4) is 0 Å². The van der Waals surface area contributed by atoms with Gasteiger partial charge in [0.1, 0.15) is 17.4 Å². The van der Waals surface area contributed by atoms with Gasteiger partial charge in [-0.15, -0.1) is 0 Å². The summed E-state index contributed by atoms with van der Waals surface area (Å²) in [6.45, 7) is 5.58. The summed E-state index contributed by atoms with van der Waals surface area (Å²) in [4.78, 5) is 7.76. The Kier molecular flexibility index (Phi) is 4.54. The van der Waals surface area contributed by atoms with Gasteiger partial charge in [-0.25, -0.2) is 9.37 Å². The molecule has 1 N–H and O–H groups in total. The molecular weight excluding hydrogens is 343 g/mol. The quantitative estimate of drug-likeness (QED) is 0.514. The van der Waals surface area contributed by atoms with Crippen LogP contribution >= 0.6 is 0 Å². The Morgan fingerprint density at radius 1 is 1.11 bits per heavy atom. The molecule has 2 aromatic heterocycles. The third-order valence-corrected chi connectivity index (χ3v) is 4.42. The first kappa shape index (κ1) is 18.3. The summed E-state index contributed by atoms with van der Waals surface area (Å²) in [6.07, 6.45) is 0. The van der Waals surface area contributed by atoms with Crippen LogP contribution < -0.4 is 0 Å². The lowest BCUT2D eigenvalue weighted by Crippen LogP contribution is -1.91. The minimum atomic E-state index is -0.401. The van der Waals surface area contributed by atoms with Crippen LogP contribution in [-0.4, -0.2) is 15.1 Å². The molecule has 136 valence electrons. The number of hydrogen-bond acceptors (Lipinski definition) is 4. The molecule has 27 heavy (non-hydrogen) atoms. The summed E-state index contributed by atoms with van der Waals surface area (Å²) in [6, 6.07) is 10.1. The Hall–Kier alpha value is -3.46. The summed E-state index contributed by atoms with van der Waals surface area (Å²) in [5, 5.41) is 13.5. The molecule has 0 atom stereocenters. The van der Waals surface area contributed by atoms with E-state index in [1.807, 2.05) is 32.9 Å². The summed E-state index contributed by atoms with van der Waals surface area (Å²) < 4.78 is 19.2. The SMILES string of the molecule is C.Cc1nc2c(-c3cc(F)ccc3C#N)cc(-c3c(C)noc3C)cc2[nH]1. The number of rotatable bonds is 2. The van der Waals surface area contributed by atoms with Crippen molar-refractivity contribution in [2.24, 2.45) is 0 Å². The maximum absolute atomic E-state index is 13.9. The number of halogens is 1. The van der Waals surface area contributed by atoms with Crippen molar-refractivity contribution in [2.75, 3.05) is 0 Å². The highest BCUT2D eigenvalue weighted by atomic mass is 19.1. The number of aromatic nitrogens is 3. The van der Waals surface area contributed by atoms with Crippen molar-refractivity contribution in [3.8, 4) is 28.3 Å². The van der Waals surface area contributed by atoms with Gasteiger partial charge in [0.15, 0.2) is 0 Å². The molecule has 2 aromatic carbocycles. The highest BCUT2D eigenvalue weighted by Crippen LogP contribution is 2.37. The Bertz CT molecular complexity index is 1180. The van der Waals surface area contributed by atoms with Crippen LogP contribution in [-0.2, 0) is 0 Å². The average molecular weight is 362 g/mol. The van der Waals surface area contributed by atoms with E-state index in [0.29, 0.717) is 28.0 Å². The summed E-state index contributed by atoms with van der Waals surface area (Å²) in [5.41, 5.74) is 5.63. The lowest BCUT2D eigenvalue weighted by atomic mass is 9.94. The van der Waals surface area contributed by atoms with Gasteiger partial charge in [-0.1, -0.05) is 12.6 Å². The molecule has 4 aromatic rings. The maximum atomic E-state index is 13.9. The van der Waals surface area contributed by atoms with E-state index in [-0.39, 0.29) is 7.43 Å². The molecule has 5 nitrogen and oxygen atoms in total. The predicted molar refractivity (Wildman–Crippen MR) is 103 cm³/mol. The second-order valence-electron chi connectivity index (χ2n) is 6.24. The molecule has 2 heterocycles. The Balaban J connectivity index is 0.00000210. The van der Waals surface area contributed by atoms with Crippen LogP contribution in [0, 0.1) is 37.9 Å². The number of nitrogens with zero attached hydrogens (tertiary/aromatic N) is 3. The second-order valence-corrected chi connectivity index (χ2v) is 6.24. The monoisotopic (exact) mass is 362 g/mol. The van der Waals surface area contributed by atoms with Crippen molar-refractivity contribution in [3.63, 3.8) is 0 Å². The van der Waals surface area contributed by atoms with E-state index < -0.39 is 5.82 Å². The molecule has 0 radical (unpaired) electrons. The van der Waals surface area contributed by atoms with Gasteiger partial charge in [-0.2, -0.15) is 5.26 Å². The Morgan fingerprint density at radius 3 is 2.56 bits per heavy atom. The first-order chi connectivity index (χ1) is 12.5. The normalized spacial score (nSPS) is 10.6. The van der Waals surface area contributed by atoms with Gasteiger partial charge in [0.05, 0.1) is 28.4 Å². The zero-order chi connectivity index (χ0) is 18.4. The van der Waals surface area contributed by atoms with Crippen LogP contribution in [0.1, 0.15) is 30.3 Å². The van der Waals surface area contributed by atoms with Gasteiger partial charge in [0.2, 0.25) is 0 Å². The van der Waals surface area contributed by atoms with Crippen LogP contribution in [0.25, 0.3) is 33.3 Å². The minimum absolute atomic E-state index is 0. The molecule has 0 saturated carbocycles. The van der Waals surface area contributed by atoms with Crippen LogP contribution in [0.4, 0.5) is 4.39 Å². The largest absolute Gasteiger partial charge is 0.361 e. The molecule has 4 rings (SSSR count). The summed E-state index contributed by atoms with van der Waals surface area (Å²) >= 11 is 0. The molecule has 0 unspecified atom stereocenters. The number of nitriles is 1. The highest BCUT2D eigenvalue weighted by Gasteiger charge is 2.18. The Labute approximate surface area is 156 Å². The number of H-pyrrole nitrogens is 1. The van der Waals surface area contributed by atoms with Gasteiger partial charge in [-0.3, -0.25) is 0 Å². The van der Waals surface area contributed by atoms with E-state index in [4.69, 9.17) is 4.52 Å². The van der Waals surface area contributed by atoms with Gasteiger partial charge >= 0.3 is 0 Å². The van der Waals surface area contributed by atoms with Crippen molar-refractivity contribution in [1.29, 1.82) is 5.26 Å². The first-order valence-electron chi connectivity index (χ1n) is 8.11. The van der Waals surface area contributed by atoms with E-state index in [1.54, 1.807) is 0 Å². The fourth-order valence-corrected chi connectivity index (χ4v) is 3.32. The number of fused-ring (bicyclic) bond motifs is 1. The number of hydrogen-bond donors (Lipinski definition) is 1. The maximum Gasteiger partial charge on any atom is 0.141 e. The zero-order valence-corrected chi connectivity index (χ0v) is 14.5. The Morgan fingerprint density at radius 2 is 1.89 bits per heavy atom. The predicted octanol–water partition coefficient (Wildman–Crippen LogP) is 5.46. The average Bonchev–Trinajstić information content (AvgIpc) is 3.15. The van der Waals surface area contributed by atoms with Crippen molar-refractivity contribution >= 4 is 11.0 Å². The number of aromatic amines is 1. The molecule has 0 fully saturated rings. The van der Waals surface area contributed by atoms with E-state index in [0.717, 1.165) is 28.2 Å². The standard InChI is InChI=1S/C20H15FN4O.CH4/c1-10-19(11(2)26-25-10)14-6-17(20-18(7-14)23-12(3)24-20)16-8-15(21)5-4-13(16)9-22;/h4-8H,1-3H3,(H,23,24);1H4. The summed E-state index contributed by atoms with van der Waals surface area (Å²) in [5.74, 6) is 1.04. The van der Waals surface area contributed by atoms with E-state index in [2.05, 4.69) is 21.2 Å². The molecule has 0 bridgehead atoms. The van der Waals surface area contributed by atoms with Gasteiger partial charge in [0, 0.05) is 16.7 Å². The lowest BCUT2D eigenvalue weighted by molar-refractivity contribution is 0.393. The topological polar surface area (TPSA) is 78.5 Å². The van der Waals surface area contributed by atoms with Crippen LogP contribution in [0.2, 0.25) is 0 Å². The summed E-state index contributed by atoms with van der Waals surface area (Å²) in [7, 11) is 0. The van der Waals surface area contributed by atoms with E-state index >= 15 is 0 Å². The molecule has 0 aliphatic rings. The number of aryl methyl sites for hydroxylation is 3. The van der Waals surface area contributed by atoms with E-state index in [1.165, 1.54) is 18.2 Å². The van der Waals surface area contributed by atoms with Crippen molar-refractivity contribution < 1.29 is 8.91 Å².